The molecular weight excluding hydrogens is 524 g/mol. The number of H-pyrrole nitrogens is 1. The van der Waals surface area contributed by atoms with E-state index in [0.29, 0.717) is 22.2 Å². The van der Waals surface area contributed by atoms with E-state index in [9.17, 15) is 24.8 Å². The maximum atomic E-state index is 14.0. The topological polar surface area (TPSA) is 138 Å². The number of aromatic nitrogens is 1. The van der Waals surface area contributed by atoms with Gasteiger partial charge in [0.2, 0.25) is 5.91 Å². The average Bonchev–Trinajstić information content (AvgIpc) is 2.96. The van der Waals surface area contributed by atoms with Crippen LogP contribution in [0.3, 0.4) is 0 Å². The number of anilines is 1. The normalized spacial score (nSPS) is 12.6. The molecule has 3 aromatic carbocycles. The summed E-state index contributed by atoms with van der Waals surface area (Å²) < 4.78 is 5.27. The number of nitrogens with one attached hydrogen (secondary N) is 2. The first kappa shape index (κ1) is 29.4. The van der Waals surface area contributed by atoms with Gasteiger partial charge in [0.1, 0.15) is 6.04 Å². The number of non-ortho nitro benzene ring substituents is 1. The molecule has 1 unspecified atom stereocenters. The number of aromatic amines is 1. The predicted molar refractivity (Wildman–Crippen MR) is 158 cm³/mol. The number of aliphatic hydroxyl groups excluding tert-OH is 1. The van der Waals surface area contributed by atoms with Crippen molar-refractivity contribution in [3.63, 3.8) is 0 Å². The Labute approximate surface area is 237 Å². The summed E-state index contributed by atoms with van der Waals surface area (Å²) in [6.07, 6.45) is 1.59. The fourth-order valence-corrected chi connectivity index (χ4v) is 4.98. The number of nitro benzene ring substituents is 1. The number of aryl methyl sites for hydroxylation is 1. The number of amides is 1. The van der Waals surface area contributed by atoms with Gasteiger partial charge in [-0.1, -0.05) is 31.2 Å². The van der Waals surface area contributed by atoms with Crippen molar-refractivity contribution in [1.82, 2.24) is 9.88 Å². The number of nitrogens with zero attached hydrogens (tertiary/aromatic N) is 2. The number of fused-ring (bicyclic) bond motifs is 1. The highest BCUT2D eigenvalue weighted by Crippen LogP contribution is 2.29. The van der Waals surface area contributed by atoms with Crippen LogP contribution in [-0.4, -0.2) is 46.6 Å². The number of nitro groups is 1. The van der Waals surface area contributed by atoms with Crippen LogP contribution in [0, 0.1) is 17.0 Å². The third-order valence-corrected chi connectivity index (χ3v) is 7.25. The molecule has 41 heavy (non-hydrogen) atoms. The minimum Gasteiger partial charge on any atom is -0.396 e. The van der Waals surface area contributed by atoms with Crippen molar-refractivity contribution >= 4 is 28.1 Å². The molecule has 0 aliphatic carbocycles. The van der Waals surface area contributed by atoms with E-state index in [1.165, 1.54) is 24.1 Å². The molecule has 1 aromatic heterocycles. The van der Waals surface area contributed by atoms with Crippen LogP contribution in [0.5, 0.6) is 0 Å². The zero-order valence-corrected chi connectivity index (χ0v) is 23.5. The molecule has 0 saturated heterocycles. The number of carbonyl (C=O) groups is 1. The van der Waals surface area contributed by atoms with E-state index in [1.807, 2.05) is 44.2 Å². The van der Waals surface area contributed by atoms with Gasteiger partial charge in [0, 0.05) is 62.6 Å². The third kappa shape index (κ3) is 6.62. The van der Waals surface area contributed by atoms with E-state index < -0.39 is 11.0 Å². The molecule has 10 nitrogen and oxygen atoms in total. The molecule has 2 atom stereocenters. The lowest BCUT2D eigenvalue weighted by molar-refractivity contribution is -0.385. The second-order valence-corrected chi connectivity index (χ2v) is 10.2. The minimum atomic E-state index is -0.831. The Balaban J connectivity index is 1.72. The van der Waals surface area contributed by atoms with Gasteiger partial charge in [-0.2, -0.15) is 0 Å². The zero-order chi connectivity index (χ0) is 29.7. The summed E-state index contributed by atoms with van der Waals surface area (Å²) in [6.45, 7) is 4.23. The smallest absolute Gasteiger partial charge is 0.269 e. The first-order chi connectivity index (χ1) is 19.6. The number of rotatable bonds is 11. The average molecular weight is 559 g/mol. The third-order valence-electron chi connectivity index (χ3n) is 7.25. The molecule has 0 fully saturated rings. The first-order valence-corrected chi connectivity index (χ1v) is 13.2. The van der Waals surface area contributed by atoms with Crippen LogP contribution in [0.4, 0.5) is 11.4 Å². The molecule has 4 rings (SSSR count). The lowest BCUT2D eigenvalue weighted by Gasteiger charge is -2.27. The molecule has 1 heterocycles. The van der Waals surface area contributed by atoms with Crippen molar-refractivity contribution in [3.8, 4) is 0 Å². The van der Waals surface area contributed by atoms with Crippen molar-refractivity contribution in [2.45, 2.75) is 39.0 Å². The quantitative estimate of drug-likeness (QED) is 0.178. The monoisotopic (exact) mass is 558 g/mol. The van der Waals surface area contributed by atoms with E-state index in [2.05, 4.69) is 10.3 Å². The number of ether oxygens (including phenoxy) is 1. The number of carbonyl (C=O) groups excluding carboxylic acids is 1. The Hall–Kier alpha value is -4.54. The lowest BCUT2D eigenvalue weighted by atomic mass is 9.93. The van der Waals surface area contributed by atoms with Crippen molar-refractivity contribution in [3.05, 3.63) is 115 Å². The van der Waals surface area contributed by atoms with Crippen molar-refractivity contribution < 1.29 is 19.6 Å². The maximum Gasteiger partial charge on any atom is 0.269 e. The molecule has 0 saturated carbocycles. The van der Waals surface area contributed by atoms with Gasteiger partial charge in [-0.3, -0.25) is 19.7 Å². The van der Waals surface area contributed by atoms with E-state index in [0.717, 1.165) is 22.1 Å². The molecule has 1 amide bonds. The van der Waals surface area contributed by atoms with E-state index in [-0.39, 0.29) is 42.8 Å². The number of hydrogen-bond acceptors (Lipinski definition) is 7. The summed E-state index contributed by atoms with van der Waals surface area (Å²) in [7, 11) is 3.19. The number of pyridine rings is 1. The second-order valence-electron chi connectivity index (χ2n) is 10.2. The molecule has 4 aromatic rings. The van der Waals surface area contributed by atoms with Crippen molar-refractivity contribution in [1.29, 1.82) is 0 Å². The van der Waals surface area contributed by atoms with Crippen molar-refractivity contribution in [2.75, 3.05) is 26.1 Å². The highest BCUT2D eigenvalue weighted by atomic mass is 16.6. The fourth-order valence-electron chi connectivity index (χ4n) is 4.98. The Bertz CT molecular complexity index is 1630. The van der Waals surface area contributed by atoms with Gasteiger partial charge in [-0.25, -0.2) is 0 Å². The van der Waals surface area contributed by atoms with E-state index in [4.69, 9.17) is 4.74 Å². The first-order valence-electron chi connectivity index (χ1n) is 13.2. The number of hydrogen-bond donors (Lipinski definition) is 3. The van der Waals surface area contributed by atoms with Crippen LogP contribution >= 0.6 is 0 Å². The predicted octanol–water partition coefficient (Wildman–Crippen LogP) is 4.80. The molecular formula is C31H34N4O6. The molecule has 10 heteroatoms. The van der Waals surface area contributed by atoms with E-state index >= 15 is 0 Å². The summed E-state index contributed by atoms with van der Waals surface area (Å²) >= 11 is 0. The fraction of sp³-hybridized carbons (Fsp3) is 0.290. The Kier molecular flexibility index (Phi) is 9.16. The summed E-state index contributed by atoms with van der Waals surface area (Å²) in [5.41, 5.74) is 4.25. The maximum absolute atomic E-state index is 14.0. The summed E-state index contributed by atoms with van der Waals surface area (Å²) in [6, 6.07) is 16.5. The Morgan fingerprint density at radius 3 is 2.59 bits per heavy atom. The standard InChI is InChI=1S/C31H34N4O6/c1-19-13-22(7-10-27(19)20(2)17-36)29(33-25-8-5-21-11-12-32-30(37)28(21)15-25)31(38)34(3)16-24-14-26(35(39)40)9-6-23(24)18-41-4/h5-15,20,29,33,36H,16-18H2,1-4H3,(H,32,37)/t20-,29?/m0/s1. The summed E-state index contributed by atoms with van der Waals surface area (Å²) in [5, 5.41) is 25.7. The zero-order valence-electron chi connectivity index (χ0n) is 23.5. The molecule has 0 bridgehead atoms. The Morgan fingerprint density at radius 2 is 1.90 bits per heavy atom. The van der Waals surface area contributed by atoms with Crippen LogP contribution in [0.1, 0.15) is 46.7 Å². The summed E-state index contributed by atoms with van der Waals surface area (Å²) in [5.74, 6) is -0.335. The van der Waals surface area contributed by atoms with Crippen LogP contribution in [0.2, 0.25) is 0 Å². The number of methoxy groups -OCH3 is 1. The molecule has 0 aliphatic rings. The van der Waals surface area contributed by atoms with Crippen LogP contribution < -0.4 is 10.9 Å². The molecule has 0 radical (unpaired) electrons. The molecule has 214 valence electrons. The number of aliphatic hydroxyl groups is 1. The largest absolute Gasteiger partial charge is 0.396 e. The van der Waals surface area contributed by atoms with Crippen LogP contribution in [0.15, 0.2) is 71.7 Å². The van der Waals surface area contributed by atoms with Gasteiger partial charge in [-0.05, 0) is 64.4 Å². The van der Waals surface area contributed by atoms with Gasteiger partial charge in [-0.15, -0.1) is 0 Å². The molecule has 0 aliphatic heterocycles. The minimum absolute atomic E-state index is 0.00217. The van der Waals surface area contributed by atoms with E-state index in [1.54, 1.807) is 31.4 Å². The number of likely N-dealkylation sites (N-methyl/N-ethyl adjacent to an activating group) is 1. The van der Waals surface area contributed by atoms with Gasteiger partial charge in [0.05, 0.1) is 11.5 Å². The van der Waals surface area contributed by atoms with Crippen LogP contribution in [0.25, 0.3) is 10.8 Å². The van der Waals surface area contributed by atoms with Gasteiger partial charge >= 0.3 is 0 Å². The van der Waals surface area contributed by atoms with Crippen molar-refractivity contribution in [2.24, 2.45) is 0 Å². The van der Waals surface area contributed by atoms with Gasteiger partial charge in [0.15, 0.2) is 0 Å². The Morgan fingerprint density at radius 1 is 1.12 bits per heavy atom. The second kappa shape index (κ2) is 12.8. The summed E-state index contributed by atoms with van der Waals surface area (Å²) in [4.78, 5) is 41.6. The lowest BCUT2D eigenvalue weighted by Crippen LogP contribution is -2.35. The highest BCUT2D eigenvalue weighted by Gasteiger charge is 2.26. The number of benzene rings is 3. The SMILES string of the molecule is COCc1ccc([N+](=O)[O-])cc1CN(C)C(=O)C(Nc1ccc2cc[nH]c(=O)c2c1)c1ccc([C@@H](C)CO)c(C)c1. The highest BCUT2D eigenvalue weighted by molar-refractivity contribution is 5.89. The molecule has 0 spiro atoms. The van der Waals surface area contributed by atoms with Gasteiger partial charge in [0.25, 0.3) is 11.2 Å². The molecule has 3 N–H and O–H groups in total. The van der Waals surface area contributed by atoms with Crippen LogP contribution in [-0.2, 0) is 22.7 Å². The van der Waals surface area contributed by atoms with Gasteiger partial charge < -0.3 is 25.0 Å².